The third-order valence-electron chi connectivity index (χ3n) is 5.85. The molecule has 0 saturated heterocycles. The van der Waals surface area contributed by atoms with Gasteiger partial charge in [-0.3, -0.25) is 4.98 Å². The summed E-state index contributed by atoms with van der Waals surface area (Å²) in [6.45, 7) is 11.1. The molecular weight excluding hydrogens is 304 g/mol. The van der Waals surface area contributed by atoms with Crippen molar-refractivity contribution >= 4 is 11.8 Å². The molecular formula is C23H32N2. The van der Waals surface area contributed by atoms with Crippen LogP contribution in [-0.4, -0.2) is 11.0 Å². The van der Waals surface area contributed by atoms with E-state index in [1.165, 1.54) is 43.4 Å². The van der Waals surface area contributed by atoms with E-state index in [0.717, 1.165) is 17.2 Å². The van der Waals surface area contributed by atoms with Gasteiger partial charge in [0.05, 0.1) is 5.69 Å². The minimum Gasteiger partial charge on any atom is -0.383 e. The van der Waals surface area contributed by atoms with Crippen LogP contribution in [0.25, 0.3) is 11.8 Å². The molecule has 0 aromatic carbocycles. The Morgan fingerprint density at radius 1 is 1.28 bits per heavy atom. The Morgan fingerprint density at radius 2 is 2.00 bits per heavy atom. The first kappa shape index (κ1) is 18.0. The molecule has 0 fully saturated rings. The minimum atomic E-state index is 0.445. The first-order valence-electron chi connectivity index (χ1n) is 9.83. The molecule has 0 spiro atoms. The predicted molar refractivity (Wildman–Crippen MR) is 108 cm³/mol. The Morgan fingerprint density at radius 3 is 2.72 bits per heavy atom. The zero-order valence-corrected chi connectivity index (χ0v) is 16.0. The number of allylic oxidation sites excluding steroid dienone is 3. The fourth-order valence-electron chi connectivity index (χ4n) is 4.06. The van der Waals surface area contributed by atoms with Gasteiger partial charge in [-0.05, 0) is 62.5 Å². The van der Waals surface area contributed by atoms with Crippen LogP contribution >= 0.6 is 0 Å². The summed E-state index contributed by atoms with van der Waals surface area (Å²) in [6.07, 6.45) is 17.5. The Bertz CT molecular complexity index is 661. The highest BCUT2D eigenvalue weighted by Crippen LogP contribution is 2.33. The number of hydrogen-bond acceptors (Lipinski definition) is 2. The number of fused-ring (bicyclic) bond motifs is 1. The first-order chi connectivity index (χ1) is 12.0. The van der Waals surface area contributed by atoms with E-state index in [1.807, 2.05) is 6.20 Å². The second-order valence-corrected chi connectivity index (χ2v) is 7.96. The van der Waals surface area contributed by atoms with E-state index in [-0.39, 0.29) is 0 Å². The molecule has 0 amide bonds. The molecule has 2 aliphatic rings. The molecule has 25 heavy (non-hydrogen) atoms. The summed E-state index contributed by atoms with van der Waals surface area (Å²) in [5, 5.41) is 3.61. The van der Waals surface area contributed by atoms with Crippen LogP contribution in [-0.2, 0) is 0 Å². The minimum absolute atomic E-state index is 0.445. The van der Waals surface area contributed by atoms with Crippen LogP contribution in [0.1, 0.15) is 75.6 Å². The van der Waals surface area contributed by atoms with Gasteiger partial charge < -0.3 is 5.32 Å². The zero-order chi connectivity index (χ0) is 17.8. The van der Waals surface area contributed by atoms with E-state index < -0.39 is 0 Å². The quantitative estimate of drug-likeness (QED) is 0.674. The fourth-order valence-corrected chi connectivity index (χ4v) is 4.06. The molecule has 1 heterocycles. The number of nitrogens with one attached hydrogen (secondary N) is 1. The number of aromatic nitrogens is 1. The summed E-state index contributed by atoms with van der Waals surface area (Å²) in [5.41, 5.74) is 4.56. The second-order valence-electron chi connectivity index (χ2n) is 7.96. The summed E-state index contributed by atoms with van der Waals surface area (Å²) >= 11 is 0. The predicted octanol–water partition coefficient (Wildman–Crippen LogP) is 5.93. The number of pyridine rings is 1. The van der Waals surface area contributed by atoms with Gasteiger partial charge in [-0.2, -0.15) is 0 Å². The molecule has 2 heteroatoms. The Hall–Kier alpha value is -1.83. The lowest BCUT2D eigenvalue weighted by Crippen LogP contribution is -2.27. The summed E-state index contributed by atoms with van der Waals surface area (Å²) in [6, 6.07) is 2.68. The molecule has 1 aromatic rings. The van der Waals surface area contributed by atoms with Gasteiger partial charge >= 0.3 is 0 Å². The average Bonchev–Trinajstić information content (AvgIpc) is 2.86. The van der Waals surface area contributed by atoms with Gasteiger partial charge in [0.25, 0.3) is 0 Å². The van der Waals surface area contributed by atoms with Gasteiger partial charge in [-0.1, -0.05) is 44.7 Å². The molecule has 3 atom stereocenters. The molecule has 0 unspecified atom stereocenters. The van der Waals surface area contributed by atoms with Gasteiger partial charge in [0.15, 0.2) is 0 Å². The lowest BCUT2D eigenvalue weighted by molar-refractivity contribution is 0.388. The van der Waals surface area contributed by atoms with Gasteiger partial charge in [0, 0.05) is 29.4 Å². The third kappa shape index (κ3) is 4.42. The van der Waals surface area contributed by atoms with Gasteiger partial charge in [0.2, 0.25) is 0 Å². The van der Waals surface area contributed by atoms with Gasteiger partial charge in [-0.15, -0.1) is 0 Å². The molecule has 134 valence electrons. The van der Waals surface area contributed by atoms with Crippen molar-refractivity contribution in [3.05, 3.63) is 53.9 Å². The molecule has 0 aliphatic heterocycles. The van der Waals surface area contributed by atoms with Crippen LogP contribution in [0, 0.1) is 11.8 Å². The highest BCUT2D eigenvalue weighted by molar-refractivity contribution is 5.66. The van der Waals surface area contributed by atoms with Crippen molar-refractivity contribution in [2.24, 2.45) is 11.8 Å². The van der Waals surface area contributed by atoms with Crippen molar-refractivity contribution < 1.29 is 0 Å². The maximum absolute atomic E-state index is 4.75. The van der Waals surface area contributed by atoms with Crippen LogP contribution in [0.15, 0.2) is 37.1 Å². The van der Waals surface area contributed by atoms with Crippen molar-refractivity contribution in [1.29, 1.82) is 0 Å². The second kappa shape index (κ2) is 8.03. The van der Waals surface area contributed by atoms with Crippen LogP contribution in [0.3, 0.4) is 0 Å². The van der Waals surface area contributed by atoms with Crippen LogP contribution < -0.4 is 5.32 Å². The van der Waals surface area contributed by atoms with Crippen molar-refractivity contribution in [3.63, 3.8) is 0 Å². The maximum atomic E-state index is 4.75. The molecule has 0 saturated carbocycles. The van der Waals surface area contributed by atoms with Gasteiger partial charge in [-0.25, -0.2) is 0 Å². The monoisotopic (exact) mass is 336 g/mol. The highest BCUT2D eigenvalue weighted by Gasteiger charge is 2.21. The van der Waals surface area contributed by atoms with E-state index in [1.54, 1.807) is 0 Å². The van der Waals surface area contributed by atoms with Crippen molar-refractivity contribution in [1.82, 2.24) is 10.3 Å². The topological polar surface area (TPSA) is 24.9 Å². The lowest BCUT2D eigenvalue weighted by Gasteiger charge is -2.25. The first-order valence-corrected chi connectivity index (χ1v) is 9.83. The normalized spacial score (nSPS) is 24.4. The van der Waals surface area contributed by atoms with Crippen LogP contribution in [0.2, 0.25) is 0 Å². The molecule has 2 aliphatic carbocycles. The highest BCUT2D eigenvalue weighted by atomic mass is 14.9. The lowest BCUT2D eigenvalue weighted by atomic mass is 9.84. The summed E-state index contributed by atoms with van der Waals surface area (Å²) in [4.78, 5) is 4.75. The Kier molecular flexibility index (Phi) is 5.78. The largest absolute Gasteiger partial charge is 0.383 e. The van der Waals surface area contributed by atoms with E-state index in [2.05, 4.69) is 63.0 Å². The van der Waals surface area contributed by atoms with Crippen LogP contribution in [0.5, 0.6) is 0 Å². The maximum Gasteiger partial charge on any atom is 0.0510 e. The molecule has 1 N–H and O–H groups in total. The van der Waals surface area contributed by atoms with E-state index in [9.17, 15) is 0 Å². The molecule has 0 bridgehead atoms. The van der Waals surface area contributed by atoms with Crippen molar-refractivity contribution in [2.75, 3.05) is 0 Å². The molecule has 1 aromatic heterocycles. The van der Waals surface area contributed by atoms with Crippen molar-refractivity contribution in [3.8, 4) is 0 Å². The molecule has 2 nitrogen and oxygen atoms in total. The SMILES string of the molecule is C=C(N[C@H](C)CC1CCC=CCC1)c1cnc2c(c1)C=C[C@H](C)[C@@H]2C. The Labute approximate surface area is 153 Å². The number of hydrogen-bond donors (Lipinski definition) is 1. The zero-order valence-electron chi connectivity index (χ0n) is 16.0. The van der Waals surface area contributed by atoms with Crippen LogP contribution in [0.4, 0.5) is 0 Å². The van der Waals surface area contributed by atoms with Gasteiger partial charge in [0.1, 0.15) is 0 Å². The van der Waals surface area contributed by atoms with Crippen molar-refractivity contribution in [2.45, 2.75) is 64.8 Å². The van der Waals surface area contributed by atoms with E-state index in [0.29, 0.717) is 17.9 Å². The summed E-state index contributed by atoms with van der Waals surface area (Å²) < 4.78 is 0. The third-order valence-corrected chi connectivity index (χ3v) is 5.85. The summed E-state index contributed by atoms with van der Waals surface area (Å²) in [5.74, 6) is 1.86. The smallest absolute Gasteiger partial charge is 0.0510 e. The molecule has 0 radical (unpaired) electrons. The number of rotatable bonds is 5. The molecule has 3 rings (SSSR count). The number of nitrogens with zero attached hydrogens (tertiary/aromatic N) is 1. The van der Waals surface area contributed by atoms with E-state index in [4.69, 9.17) is 4.98 Å². The van der Waals surface area contributed by atoms with E-state index >= 15 is 0 Å². The summed E-state index contributed by atoms with van der Waals surface area (Å²) in [7, 11) is 0. The fraction of sp³-hybridized carbons (Fsp3) is 0.522. The standard InChI is InChI=1S/C23H32N2/c1-16-11-12-21-14-22(15-24-23(21)18(16)3)19(4)25-17(2)13-20-9-7-5-6-8-10-20/h5-6,11-12,14-18,20,25H,4,7-10,13H2,1-3H3/t16-,17+,18-/m0/s1. The average molecular weight is 337 g/mol. The Balaban J connectivity index is 1.61.